The van der Waals surface area contributed by atoms with Gasteiger partial charge in [0.2, 0.25) is 0 Å². The molecular weight excluding hydrogens is 140 g/mol. The van der Waals surface area contributed by atoms with E-state index in [1.54, 1.807) is 12.1 Å². The van der Waals surface area contributed by atoms with Crippen LogP contribution < -0.4 is 11.2 Å². The van der Waals surface area contributed by atoms with Gasteiger partial charge >= 0.3 is 0 Å². The third kappa shape index (κ3) is 2.20. The quantitative estimate of drug-likeness (QED) is 0.635. The van der Waals surface area contributed by atoms with Crippen molar-refractivity contribution in [1.82, 2.24) is 4.98 Å². The zero-order chi connectivity index (χ0) is 8.27. The van der Waals surface area contributed by atoms with Crippen LogP contribution in [0.3, 0.4) is 0 Å². The molecule has 1 rings (SSSR count). The first-order valence-corrected chi connectivity index (χ1v) is 3.62. The van der Waals surface area contributed by atoms with Crippen LogP contribution in [0.15, 0.2) is 16.9 Å². The van der Waals surface area contributed by atoms with Gasteiger partial charge in [-0.3, -0.25) is 4.79 Å². The Morgan fingerprint density at radius 2 is 2.27 bits per heavy atom. The molecule has 0 atom stereocenters. The largest absolute Gasteiger partial charge is 0.362 e. The highest BCUT2D eigenvalue weighted by Crippen LogP contribution is 1.92. The van der Waals surface area contributed by atoms with Gasteiger partial charge in [0, 0.05) is 23.5 Å². The van der Waals surface area contributed by atoms with Gasteiger partial charge in [-0.1, -0.05) is 0 Å². The van der Waals surface area contributed by atoms with Crippen LogP contribution >= 0.6 is 0 Å². The zero-order valence-electron chi connectivity index (χ0n) is 6.55. The molecule has 0 fully saturated rings. The van der Waals surface area contributed by atoms with Crippen molar-refractivity contribution in [1.29, 1.82) is 0 Å². The number of rotatable bonds is 2. The van der Waals surface area contributed by atoms with Gasteiger partial charge in [-0.05, 0) is 19.9 Å². The molecule has 0 spiro atoms. The van der Waals surface area contributed by atoms with Crippen LogP contribution in [0.2, 0.25) is 0 Å². The number of nitrogens with one attached hydrogen (secondary N) is 1. The number of hydrogen-bond donors (Lipinski definition) is 2. The van der Waals surface area contributed by atoms with Gasteiger partial charge in [-0.2, -0.15) is 0 Å². The molecule has 0 radical (unpaired) electrons. The van der Waals surface area contributed by atoms with Gasteiger partial charge < -0.3 is 10.7 Å². The van der Waals surface area contributed by atoms with Crippen LogP contribution in [0, 0.1) is 6.92 Å². The third-order valence-electron chi connectivity index (χ3n) is 1.45. The predicted molar refractivity (Wildman–Crippen MR) is 44.6 cm³/mol. The monoisotopic (exact) mass is 152 g/mol. The number of aromatic amines is 1. The molecule has 1 aromatic rings. The lowest BCUT2D eigenvalue weighted by atomic mass is 10.2. The molecule has 0 aliphatic rings. The maximum atomic E-state index is 10.9. The fraction of sp³-hybridized carbons (Fsp3) is 0.375. The molecular formula is C8H12N2O. The number of aryl methyl sites for hydroxylation is 1. The van der Waals surface area contributed by atoms with Gasteiger partial charge in [-0.25, -0.2) is 0 Å². The van der Waals surface area contributed by atoms with Gasteiger partial charge in [-0.15, -0.1) is 0 Å². The Labute approximate surface area is 65.2 Å². The number of nitrogens with two attached hydrogens (primary N) is 1. The zero-order valence-corrected chi connectivity index (χ0v) is 6.55. The Morgan fingerprint density at radius 1 is 1.55 bits per heavy atom. The highest BCUT2D eigenvalue weighted by atomic mass is 16.1. The standard InChI is InChI=1S/C8H12N2O/c1-6-4-8(11)5-7(10-6)2-3-9/h4-5H,2-3,9H2,1H3,(H,10,11). The van der Waals surface area contributed by atoms with E-state index >= 15 is 0 Å². The smallest absolute Gasteiger partial charge is 0.182 e. The SMILES string of the molecule is Cc1cc(=O)cc(CCN)[nH]1. The molecule has 0 amide bonds. The molecule has 0 saturated carbocycles. The first-order valence-electron chi connectivity index (χ1n) is 3.62. The summed E-state index contributed by atoms with van der Waals surface area (Å²) in [6, 6.07) is 3.15. The Bertz CT molecular complexity index is 290. The molecule has 3 N–H and O–H groups in total. The van der Waals surface area contributed by atoms with Gasteiger partial charge in [0.15, 0.2) is 5.43 Å². The van der Waals surface area contributed by atoms with Crippen LogP contribution in [0.1, 0.15) is 11.4 Å². The molecule has 0 aliphatic heterocycles. The average Bonchev–Trinajstić information content (AvgIpc) is 1.85. The Balaban J connectivity index is 2.99. The summed E-state index contributed by atoms with van der Waals surface area (Å²) in [6.07, 6.45) is 0.733. The molecule has 60 valence electrons. The van der Waals surface area contributed by atoms with Gasteiger partial charge in [0.1, 0.15) is 0 Å². The van der Waals surface area contributed by atoms with Crippen molar-refractivity contribution in [3.63, 3.8) is 0 Å². The second-order valence-electron chi connectivity index (χ2n) is 2.56. The maximum absolute atomic E-state index is 10.9. The normalized spacial score (nSPS) is 10.0. The van der Waals surface area contributed by atoms with Crippen molar-refractivity contribution in [2.45, 2.75) is 13.3 Å². The van der Waals surface area contributed by atoms with E-state index in [2.05, 4.69) is 4.98 Å². The lowest BCUT2D eigenvalue weighted by Crippen LogP contribution is -2.09. The van der Waals surface area contributed by atoms with Crippen molar-refractivity contribution in [3.8, 4) is 0 Å². The van der Waals surface area contributed by atoms with Gasteiger partial charge in [0.05, 0.1) is 0 Å². The summed E-state index contributed by atoms with van der Waals surface area (Å²) in [5, 5.41) is 0. The fourth-order valence-electron chi connectivity index (χ4n) is 1.04. The lowest BCUT2D eigenvalue weighted by Gasteiger charge is -1.99. The summed E-state index contributed by atoms with van der Waals surface area (Å²) in [5.74, 6) is 0. The molecule has 0 aromatic carbocycles. The predicted octanol–water partition coefficient (Wildman–Crippen LogP) is 0.185. The highest BCUT2D eigenvalue weighted by molar-refractivity contribution is 5.10. The van der Waals surface area contributed by atoms with E-state index < -0.39 is 0 Å². The van der Waals surface area contributed by atoms with Gasteiger partial charge in [0.25, 0.3) is 0 Å². The van der Waals surface area contributed by atoms with E-state index in [1.807, 2.05) is 6.92 Å². The number of pyridine rings is 1. The molecule has 3 heteroatoms. The average molecular weight is 152 g/mol. The minimum Gasteiger partial charge on any atom is -0.362 e. The van der Waals surface area contributed by atoms with Crippen LogP contribution in [-0.4, -0.2) is 11.5 Å². The first kappa shape index (κ1) is 8.01. The van der Waals surface area contributed by atoms with E-state index in [4.69, 9.17) is 5.73 Å². The molecule has 0 bridgehead atoms. The van der Waals surface area contributed by atoms with E-state index in [0.717, 1.165) is 17.8 Å². The van der Waals surface area contributed by atoms with Crippen molar-refractivity contribution < 1.29 is 0 Å². The summed E-state index contributed by atoms with van der Waals surface area (Å²) < 4.78 is 0. The summed E-state index contributed by atoms with van der Waals surface area (Å²) in [5.41, 5.74) is 7.19. The van der Waals surface area contributed by atoms with E-state index in [1.165, 1.54) is 0 Å². The van der Waals surface area contributed by atoms with Crippen LogP contribution in [0.4, 0.5) is 0 Å². The fourth-order valence-corrected chi connectivity index (χ4v) is 1.04. The van der Waals surface area contributed by atoms with Crippen molar-refractivity contribution in [2.24, 2.45) is 5.73 Å². The maximum Gasteiger partial charge on any atom is 0.182 e. The molecule has 11 heavy (non-hydrogen) atoms. The van der Waals surface area contributed by atoms with E-state index in [9.17, 15) is 4.79 Å². The van der Waals surface area contributed by atoms with Crippen LogP contribution in [0.5, 0.6) is 0 Å². The number of hydrogen-bond acceptors (Lipinski definition) is 2. The Kier molecular flexibility index (Phi) is 2.44. The molecule has 0 unspecified atom stereocenters. The van der Waals surface area contributed by atoms with E-state index in [-0.39, 0.29) is 5.43 Å². The molecule has 0 aliphatic carbocycles. The lowest BCUT2D eigenvalue weighted by molar-refractivity contribution is 0.909. The Morgan fingerprint density at radius 3 is 2.82 bits per heavy atom. The molecule has 1 heterocycles. The topological polar surface area (TPSA) is 58.9 Å². The summed E-state index contributed by atoms with van der Waals surface area (Å²) in [4.78, 5) is 14.0. The summed E-state index contributed by atoms with van der Waals surface area (Å²) in [7, 11) is 0. The summed E-state index contributed by atoms with van der Waals surface area (Å²) in [6.45, 7) is 2.43. The number of H-pyrrole nitrogens is 1. The molecule has 1 aromatic heterocycles. The van der Waals surface area contributed by atoms with Crippen LogP contribution in [0.25, 0.3) is 0 Å². The minimum atomic E-state index is 0.0460. The highest BCUT2D eigenvalue weighted by Gasteiger charge is 1.93. The van der Waals surface area contributed by atoms with E-state index in [0.29, 0.717) is 6.54 Å². The first-order chi connectivity index (χ1) is 5.22. The minimum absolute atomic E-state index is 0.0460. The van der Waals surface area contributed by atoms with Crippen molar-refractivity contribution in [2.75, 3.05) is 6.54 Å². The van der Waals surface area contributed by atoms with Crippen molar-refractivity contribution in [3.05, 3.63) is 33.7 Å². The second-order valence-corrected chi connectivity index (χ2v) is 2.56. The second kappa shape index (κ2) is 3.34. The molecule has 3 nitrogen and oxygen atoms in total. The molecule has 0 saturated heterocycles. The summed E-state index contributed by atoms with van der Waals surface area (Å²) >= 11 is 0. The van der Waals surface area contributed by atoms with Crippen molar-refractivity contribution >= 4 is 0 Å². The van der Waals surface area contributed by atoms with Crippen LogP contribution in [-0.2, 0) is 6.42 Å². The number of aromatic nitrogens is 1. The Hall–Kier alpha value is -1.09. The third-order valence-corrected chi connectivity index (χ3v) is 1.45.